The van der Waals surface area contributed by atoms with Crippen molar-refractivity contribution < 1.29 is 33.4 Å². The highest BCUT2D eigenvalue weighted by Crippen LogP contribution is 2.34. The Labute approximate surface area is 244 Å². The monoisotopic (exact) mass is 571 g/mol. The summed E-state index contributed by atoms with van der Waals surface area (Å²) in [5.41, 5.74) is 3.17. The van der Waals surface area contributed by atoms with Gasteiger partial charge in [-0.1, -0.05) is 31.2 Å². The normalized spacial score (nSPS) is 14.0. The number of ether oxygens (including phenoxy) is 3. The van der Waals surface area contributed by atoms with Gasteiger partial charge in [-0.25, -0.2) is 9.69 Å². The number of amides is 5. The zero-order valence-electron chi connectivity index (χ0n) is 24.0. The van der Waals surface area contributed by atoms with Crippen molar-refractivity contribution in [2.24, 2.45) is 0 Å². The summed E-state index contributed by atoms with van der Waals surface area (Å²) in [4.78, 5) is 52.2. The minimum atomic E-state index is -0.876. The van der Waals surface area contributed by atoms with Gasteiger partial charge < -0.3 is 19.5 Å². The largest absolute Gasteiger partial charge is 0.490 e. The van der Waals surface area contributed by atoms with Gasteiger partial charge in [0.05, 0.1) is 18.9 Å². The Kier molecular flexibility index (Phi) is 9.59. The number of barbiturate groups is 1. The van der Waals surface area contributed by atoms with Gasteiger partial charge in [-0.15, -0.1) is 0 Å². The highest BCUT2D eigenvalue weighted by molar-refractivity contribution is 6.39. The van der Waals surface area contributed by atoms with Gasteiger partial charge in [0.25, 0.3) is 17.7 Å². The third kappa shape index (κ3) is 6.95. The summed E-state index contributed by atoms with van der Waals surface area (Å²) in [5, 5.41) is 5.05. The molecule has 0 aromatic heterocycles. The molecule has 1 fully saturated rings. The zero-order valence-corrected chi connectivity index (χ0v) is 24.0. The van der Waals surface area contributed by atoms with Gasteiger partial charge >= 0.3 is 6.03 Å². The molecule has 1 saturated heterocycles. The van der Waals surface area contributed by atoms with Crippen LogP contribution in [-0.4, -0.2) is 43.6 Å². The second-order valence-corrected chi connectivity index (χ2v) is 9.53. The van der Waals surface area contributed by atoms with E-state index in [1.54, 1.807) is 36.4 Å². The van der Waals surface area contributed by atoms with Crippen LogP contribution >= 0.6 is 0 Å². The van der Waals surface area contributed by atoms with Gasteiger partial charge in [0.1, 0.15) is 11.3 Å². The van der Waals surface area contributed by atoms with E-state index in [2.05, 4.69) is 10.6 Å². The molecule has 0 spiro atoms. The van der Waals surface area contributed by atoms with Crippen molar-refractivity contribution in [2.75, 3.05) is 30.0 Å². The summed E-state index contributed by atoms with van der Waals surface area (Å²) in [7, 11) is 0. The molecule has 3 aromatic rings. The summed E-state index contributed by atoms with van der Waals surface area (Å²) in [6.07, 6.45) is 2.16. The first-order valence-corrected chi connectivity index (χ1v) is 13.6. The number of aryl methyl sites for hydroxylation is 1. The van der Waals surface area contributed by atoms with Gasteiger partial charge in [-0.3, -0.25) is 19.7 Å². The van der Waals surface area contributed by atoms with E-state index in [1.165, 1.54) is 12.1 Å². The van der Waals surface area contributed by atoms with Gasteiger partial charge in [-0.2, -0.15) is 0 Å². The molecule has 4 rings (SSSR count). The Balaban J connectivity index is 1.51. The van der Waals surface area contributed by atoms with Crippen LogP contribution in [0.5, 0.6) is 17.2 Å². The average molecular weight is 572 g/mol. The third-order valence-corrected chi connectivity index (χ3v) is 6.47. The molecule has 218 valence electrons. The van der Waals surface area contributed by atoms with Crippen molar-refractivity contribution in [1.82, 2.24) is 5.32 Å². The number of nitrogens with zero attached hydrogens (tertiary/aromatic N) is 1. The smallest absolute Gasteiger partial charge is 0.335 e. The summed E-state index contributed by atoms with van der Waals surface area (Å²) >= 11 is 0. The van der Waals surface area contributed by atoms with E-state index in [0.29, 0.717) is 41.7 Å². The number of carbonyl (C=O) groups is 4. The van der Waals surface area contributed by atoms with Crippen molar-refractivity contribution in [3.05, 3.63) is 82.9 Å². The molecule has 0 atom stereocenters. The van der Waals surface area contributed by atoms with Crippen molar-refractivity contribution in [3.63, 3.8) is 0 Å². The molecule has 5 amide bonds. The number of nitrogens with one attached hydrogen (secondary N) is 2. The number of rotatable bonds is 11. The lowest BCUT2D eigenvalue weighted by Gasteiger charge is -2.27. The van der Waals surface area contributed by atoms with E-state index in [-0.39, 0.29) is 23.8 Å². The maximum Gasteiger partial charge on any atom is 0.335 e. The number of hydrogen-bond acceptors (Lipinski definition) is 7. The molecule has 0 aliphatic carbocycles. The molecule has 0 unspecified atom stereocenters. The van der Waals surface area contributed by atoms with E-state index in [9.17, 15) is 19.2 Å². The minimum absolute atomic E-state index is 0.218. The standard InChI is InChI=1S/C32H33N3O7/c1-5-15-41-27-14-13-23(18-28(27)40-6-2)35-31(38)25(30(37)34-32(35)39)17-22-10-8-11-24(16-22)42-19-29(36)33-26-12-7-9-20(3)21(26)4/h7-14,16-18H,5-6,15,19H2,1-4H3,(H,33,36)(H,34,37,39)/b25-17+. The van der Waals surface area contributed by atoms with Gasteiger partial charge in [-0.05, 0) is 80.3 Å². The first kappa shape index (κ1) is 29.9. The fraction of sp³-hybridized carbons (Fsp3) is 0.250. The number of anilines is 2. The molecule has 3 aromatic carbocycles. The third-order valence-electron chi connectivity index (χ3n) is 6.47. The van der Waals surface area contributed by atoms with Crippen LogP contribution in [0, 0.1) is 13.8 Å². The van der Waals surface area contributed by atoms with Crippen molar-refractivity contribution >= 4 is 41.2 Å². The van der Waals surface area contributed by atoms with Crippen LogP contribution in [-0.2, 0) is 14.4 Å². The molecular formula is C32H33N3O7. The van der Waals surface area contributed by atoms with E-state index >= 15 is 0 Å². The lowest BCUT2D eigenvalue weighted by Crippen LogP contribution is -2.54. The van der Waals surface area contributed by atoms with E-state index in [1.807, 2.05) is 45.9 Å². The molecule has 1 aliphatic rings. The summed E-state index contributed by atoms with van der Waals surface area (Å²) in [6.45, 7) is 8.26. The fourth-order valence-corrected chi connectivity index (χ4v) is 4.21. The summed E-state index contributed by atoms with van der Waals surface area (Å²) in [6, 6.07) is 16.1. The fourth-order valence-electron chi connectivity index (χ4n) is 4.21. The van der Waals surface area contributed by atoms with Crippen LogP contribution in [0.3, 0.4) is 0 Å². The molecular weight excluding hydrogens is 538 g/mol. The van der Waals surface area contributed by atoms with Crippen LogP contribution in [0.15, 0.2) is 66.2 Å². The maximum atomic E-state index is 13.4. The Morgan fingerprint density at radius 2 is 1.71 bits per heavy atom. The number of imide groups is 2. The molecule has 1 heterocycles. The molecule has 10 nitrogen and oxygen atoms in total. The number of urea groups is 1. The summed E-state index contributed by atoms with van der Waals surface area (Å²) in [5.74, 6) is -0.736. The number of carbonyl (C=O) groups excluding carboxylic acids is 4. The second kappa shape index (κ2) is 13.5. The van der Waals surface area contributed by atoms with E-state index in [4.69, 9.17) is 14.2 Å². The number of benzene rings is 3. The zero-order chi connectivity index (χ0) is 30.2. The van der Waals surface area contributed by atoms with Crippen molar-refractivity contribution in [3.8, 4) is 17.2 Å². The van der Waals surface area contributed by atoms with E-state index < -0.39 is 17.8 Å². The van der Waals surface area contributed by atoms with Crippen molar-refractivity contribution in [1.29, 1.82) is 0 Å². The Morgan fingerprint density at radius 1 is 0.929 bits per heavy atom. The van der Waals surface area contributed by atoms with Crippen LogP contribution in [0.25, 0.3) is 6.08 Å². The van der Waals surface area contributed by atoms with Crippen molar-refractivity contribution in [2.45, 2.75) is 34.1 Å². The van der Waals surface area contributed by atoms with Crippen LogP contribution in [0.2, 0.25) is 0 Å². The predicted molar refractivity (Wildman–Crippen MR) is 159 cm³/mol. The first-order valence-electron chi connectivity index (χ1n) is 13.6. The topological polar surface area (TPSA) is 123 Å². The quantitative estimate of drug-likeness (QED) is 0.240. The minimum Gasteiger partial charge on any atom is -0.490 e. The molecule has 10 heteroatoms. The first-order chi connectivity index (χ1) is 20.2. The number of hydrogen-bond donors (Lipinski definition) is 2. The SMILES string of the molecule is CCCOc1ccc(N2C(=O)NC(=O)/C(=C\c3cccc(OCC(=O)Nc4cccc(C)c4C)c3)C2=O)cc1OCC. The Hall–Kier alpha value is -5.12. The van der Waals surface area contributed by atoms with Crippen LogP contribution in [0.1, 0.15) is 37.0 Å². The molecule has 2 N–H and O–H groups in total. The maximum absolute atomic E-state index is 13.4. The lowest BCUT2D eigenvalue weighted by atomic mass is 10.1. The highest BCUT2D eigenvalue weighted by atomic mass is 16.5. The van der Waals surface area contributed by atoms with Crippen LogP contribution < -0.4 is 29.7 Å². The van der Waals surface area contributed by atoms with Crippen LogP contribution in [0.4, 0.5) is 16.2 Å². The molecule has 1 aliphatic heterocycles. The summed E-state index contributed by atoms with van der Waals surface area (Å²) < 4.78 is 17.0. The average Bonchev–Trinajstić information content (AvgIpc) is 2.96. The molecule has 0 radical (unpaired) electrons. The molecule has 0 saturated carbocycles. The van der Waals surface area contributed by atoms with Gasteiger partial charge in [0.2, 0.25) is 0 Å². The molecule has 42 heavy (non-hydrogen) atoms. The Morgan fingerprint density at radius 3 is 2.48 bits per heavy atom. The van der Waals surface area contributed by atoms with Gasteiger partial charge in [0.15, 0.2) is 18.1 Å². The Bertz CT molecular complexity index is 1550. The second-order valence-electron chi connectivity index (χ2n) is 9.53. The van der Waals surface area contributed by atoms with E-state index in [0.717, 1.165) is 22.4 Å². The lowest BCUT2D eigenvalue weighted by molar-refractivity contribution is -0.122. The highest BCUT2D eigenvalue weighted by Gasteiger charge is 2.37. The predicted octanol–water partition coefficient (Wildman–Crippen LogP) is 5.17. The van der Waals surface area contributed by atoms with Gasteiger partial charge in [0, 0.05) is 11.8 Å². The molecule has 0 bridgehead atoms.